The Morgan fingerprint density at radius 3 is 2.72 bits per heavy atom. The molecule has 3 heteroatoms. The van der Waals surface area contributed by atoms with Gasteiger partial charge in [0.1, 0.15) is 0 Å². The molecular formula is C15H25N3. The van der Waals surface area contributed by atoms with Gasteiger partial charge in [0.25, 0.3) is 0 Å². The number of nitrogens with one attached hydrogen (secondary N) is 1. The van der Waals surface area contributed by atoms with Crippen molar-refractivity contribution in [2.45, 2.75) is 39.5 Å². The molecule has 1 saturated heterocycles. The molecule has 0 unspecified atom stereocenters. The van der Waals surface area contributed by atoms with Crippen LogP contribution in [0.25, 0.3) is 0 Å². The summed E-state index contributed by atoms with van der Waals surface area (Å²) >= 11 is 0. The topological polar surface area (TPSA) is 28.2 Å². The predicted octanol–water partition coefficient (Wildman–Crippen LogP) is 3.53. The molecule has 2 rings (SSSR count). The quantitative estimate of drug-likeness (QED) is 0.862. The maximum atomic E-state index is 4.35. The molecule has 1 aliphatic rings. The highest BCUT2D eigenvalue weighted by Gasteiger charge is 2.18. The van der Waals surface area contributed by atoms with E-state index in [0.29, 0.717) is 0 Å². The lowest BCUT2D eigenvalue weighted by atomic mass is 9.94. The van der Waals surface area contributed by atoms with Gasteiger partial charge in [-0.1, -0.05) is 20.3 Å². The molecule has 1 aromatic heterocycles. The summed E-state index contributed by atoms with van der Waals surface area (Å²) in [5, 5.41) is 3.40. The smallest absolute Gasteiger partial charge is 0.0573 e. The second kappa shape index (κ2) is 6.62. The van der Waals surface area contributed by atoms with Crippen LogP contribution in [0.1, 0.15) is 39.5 Å². The van der Waals surface area contributed by atoms with Gasteiger partial charge in [0.05, 0.1) is 23.8 Å². The van der Waals surface area contributed by atoms with Crippen molar-refractivity contribution in [1.29, 1.82) is 0 Å². The highest BCUT2D eigenvalue weighted by molar-refractivity contribution is 5.55. The van der Waals surface area contributed by atoms with E-state index in [1.54, 1.807) is 0 Å². The molecule has 100 valence electrons. The van der Waals surface area contributed by atoms with Crippen molar-refractivity contribution in [2.75, 3.05) is 29.9 Å². The Kier molecular flexibility index (Phi) is 4.85. The van der Waals surface area contributed by atoms with E-state index in [4.69, 9.17) is 0 Å². The highest BCUT2D eigenvalue weighted by atomic mass is 15.1. The maximum absolute atomic E-state index is 4.35. The number of rotatable bonds is 5. The van der Waals surface area contributed by atoms with Gasteiger partial charge in [-0.05, 0) is 31.2 Å². The number of piperidine rings is 1. The minimum Gasteiger partial charge on any atom is -0.384 e. The fourth-order valence-corrected chi connectivity index (χ4v) is 2.57. The standard InChI is InChI=1S/C15H25N3/c1-3-7-17-14-10-15(12-16-11-14)18-8-5-13(4-2)6-9-18/h10-13,17H,3-9H2,1-2H3. The molecule has 0 atom stereocenters. The number of anilines is 2. The molecule has 3 nitrogen and oxygen atoms in total. The molecule has 2 heterocycles. The van der Waals surface area contributed by atoms with Crippen LogP contribution in [0.4, 0.5) is 11.4 Å². The lowest BCUT2D eigenvalue weighted by molar-refractivity contribution is 0.395. The van der Waals surface area contributed by atoms with E-state index < -0.39 is 0 Å². The van der Waals surface area contributed by atoms with Crippen LogP contribution in [0.2, 0.25) is 0 Å². The van der Waals surface area contributed by atoms with Crippen molar-refractivity contribution in [3.05, 3.63) is 18.5 Å². The Bertz CT molecular complexity index is 357. The first-order valence-corrected chi connectivity index (χ1v) is 7.27. The van der Waals surface area contributed by atoms with E-state index in [9.17, 15) is 0 Å². The van der Waals surface area contributed by atoms with E-state index >= 15 is 0 Å². The SMILES string of the molecule is CCCNc1cncc(N2CCC(CC)CC2)c1. The van der Waals surface area contributed by atoms with Crippen LogP contribution in [-0.2, 0) is 0 Å². The van der Waals surface area contributed by atoms with Crippen LogP contribution >= 0.6 is 0 Å². The molecule has 0 amide bonds. The highest BCUT2D eigenvalue weighted by Crippen LogP contribution is 2.25. The maximum Gasteiger partial charge on any atom is 0.0573 e. The molecule has 1 N–H and O–H groups in total. The van der Waals surface area contributed by atoms with Crippen molar-refractivity contribution in [3.8, 4) is 0 Å². The van der Waals surface area contributed by atoms with Gasteiger partial charge in [-0.3, -0.25) is 4.98 Å². The molecule has 0 aromatic carbocycles. The average Bonchev–Trinajstić information content (AvgIpc) is 2.45. The van der Waals surface area contributed by atoms with Crippen LogP contribution in [0.5, 0.6) is 0 Å². The molecular weight excluding hydrogens is 222 g/mol. The van der Waals surface area contributed by atoms with E-state index in [2.05, 4.69) is 35.1 Å². The molecule has 1 aromatic rings. The van der Waals surface area contributed by atoms with Crippen LogP contribution in [0.3, 0.4) is 0 Å². The molecule has 18 heavy (non-hydrogen) atoms. The summed E-state index contributed by atoms with van der Waals surface area (Å²) in [6.07, 6.45) is 9.02. The van der Waals surface area contributed by atoms with Gasteiger partial charge < -0.3 is 10.2 Å². The Labute approximate surface area is 111 Å². The van der Waals surface area contributed by atoms with Crippen LogP contribution in [0, 0.1) is 5.92 Å². The normalized spacial score (nSPS) is 16.9. The Balaban J connectivity index is 1.96. The van der Waals surface area contributed by atoms with Gasteiger partial charge in [-0.15, -0.1) is 0 Å². The summed E-state index contributed by atoms with van der Waals surface area (Å²) in [6, 6.07) is 2.23. The zero-order valence-electron chi connectivity index (χ0n) is 11.7. The number of hydrogen-bond acceptors (Lipinski definition) is 3. The second-order valence-corrected chi connectivity index (χ2v) is 5.20. The Morgan fingerprint density at radius 2 is 2.06 bits per heavy atom. The lowest BCUT2D eigenvalue weighted by Gasteiger charge is -2.33. The van der Waals surface area contributed by atoms with Crippen molar-refractivity contribution < 1.29 is 0 Å². The first-order valence-electron chi connectivity index (χ1n) is 7.27. The lowest BCUT2D eigenvalue weighted by Crippen LogP contribution is -2.33. The molecule has 0 spiro atoms. The summed E-state index contributed by atoms with van der Waals surface area (Å²) in [7, 11) is 0. The summed E-state index contributed by atoms with van der Waals surface area (Å²) in [5.74, 6) is 0.926. The number of nitrogens with zero attached hydrogens (tertiary/aromatic N) is 2. The molecule has 1 aliphatic heterocycles. The molecule has 0 aliphatic carbocycles. The number of hydrogen-bond donors (Lipinski definition) is 1. The van der Waals surface area contributed by atoms with E-state index in [1.807, 2.05) is 12.4 Å². The zero-order chi connectivity index (χ0) is 12.8. The van der Waals surface area contributed by atoms with E-state index in [-0.39, 0.29) is 0 Å². The van der Waals surface area contributed by atoms with Gasteiger partial charge in [-0.25, -0.2) is 0 Å². The van der Waals surface area contributed by atoms with E-state index in [0.717, 1.165) is 24.6 Å². The Hall–Kier alpha value is -1.25. The van der Waals surface area contributed by atoms with Crippen LogP contribution in [-0.4, -0.2) is 24.6 Å². The minimum absolute atomic E-state index is 0.926. The first kappa shape index (κ1) is 13.2. The molecule has 1 fully saturated rings. The van der Waals surface area contributed by atoms with Gasteiger partial charge in [0.2, 0.25) is 0 Å². The second-order valence-electron chi connectivity index (χ2n) is 5.20. The van der Waals surface area contributed by atoms with E-state index in [1.165, 1.54) is 38.0 Å². The molecule has 0 saturated carbocycles. The number of pyridine rings is 1. The van der Waals surface area contributed by atoms with Crippen LogP contribution < -0.4 is 10.2 Å². The van der Waals surface area contributed by atoms with Crippen molar-refractivity contribution in [1.82, 2.24) is 4.98 Å². The predicted molar refractivity (Wildman–Crippen MR) is 78.2 cm³/mol. The Morgan fingerprint density at radius 1 is 1.28 bits per heavy atom. The van der Waals surface area contributed by atoms with Crippen molar-refractivity contribution >= 4 is 11.4 Å². The van der Waals surface area contributed by atoms with Gasteiger partial charge in [0, 0.05) is 19.6 Å². The molecule has 0 bridgehead atoms. The fraction of sp³-hybridized carbons (Fsp3) is 0.667. The average molecular weight is 247 g/mol. The third-order valence-corrected chi connectivity index (χ3v) is 3.86. The summed E-state index contributed by atoms with van der Waals surface area (Å²) < 4.78 is 0. The summed E-state index contributed by atoms with van der Waals surface area (Å²) in [5.41, 5.74) is 2.41. The van der Waals surface area contributed by atoms with Crippen molar-refractivity contribution in [3.63, 3.8) is 0 Å². The van der Waals surface area contributed by atoms with Gasteiger partial charge in [0.15, 0.2) is 0 Å². The third-order valence-electron chi connectivity index (χ3n) is 3.86. The molecule has 0 radical (unpaired) electrons. The van der Waals surface area contributed by atoms with Crippen LogP contribution in [0.15, 0.2) is 18.5 Å². The first-order chi connectivity index (χ1) is 8.83. The van der Waals surface area contributed by atoms with Crippen molar-refractivity contribution in [2.24, 2.45) is 5.92 Å². The fourth-order valence-electron chi connectivity index (χ4n) is 2.57. The zero-order valence-corrected chi connectivity index (χ0v) is 11.7. The summed E-state index contributed by atoms with van der Waals surface area (Å²) in [4.78, 5) is 6.82. The third kappa shape index (κ3) is 3.37. The number of aromatic nitrogens is 1. The monoisotopic (exact) mass is 247 g/mol. The summed E-state index contributed by atoms with van der Waals surface area (Å²) in [6.45, 7) is 7.86. The minimum atomic E-state index is 0.926. The largest absolute Gasteiger partial charge is 0.384 e. The van der Waals surface area contributed by atoms with Gasteiger partial charge >= 0.3 is 0 Å². The van der Waals surface area contributed by atoms with Gasteiger partial charge in [-0.2, -0.15) is 0 Å².